The first kappa shape index (κ1) is 13.1. The highest BCUT2D eigenvalue weighted by Gasteiger charge is 2.17. The third kappa shape index (κ3) is 2.27. The zero-order valence-electron chi connectivity index (χ0n) is 11.8. The van der Waals surface area contributed by atoms with Crippen molar-refractivity contribution in [3.8, 4) is 11.3 Å². The quantitative estimate of drug-likeness (QED) is 0.726. The maximum absolute atomic E-state index is 5.82. The van der Waals surface area contributed by atoms with Gasteiger partial charge >= 0.3 is 0 Å². The van der Waals surface area contributed by atoms with Crippen molar-refractivity contribution in [1.29, 1.82) is 0 Å². The van der Waals surface area contributed by atoms with Crippen LogP contribution in [0.3, 0.4) is 0 Å². The van der Waals surface area contributed by atoms with Crippen LogP contribution in [-0.4, -0.2) is 9.97 Å². The van der Waals surface area contributed by atoms with E-state index in [1.807, 2.05) is 18.2 Å². The molecule has 3 nitrogen and oxygen atoms in total. The summed E-state index contributed by atoms with van der Waals surface area (Å²) in [5.74, 6) is 0. The summed E-state index contributed by atoms with van der Waals surface area (Å²) in [7, 11) is 0. The standard InChI is InChI=1S/C16H17N3S/c1-16(2,3)13-9-5-7-11(18-13)10-6-4-8-12-14(10)20-15(17)19-12/h4-9H,1-3H3,(H2,17,19). The van der Waals surface area contributed by atoms with Crippen LogP contribution in [0.4, 0.5) is 5.13 Å². The number of rotatable bonds is 1. The van der Waals surface area contributed by atoms with Gasteiger partial charge in [0.05, 0.1) is 15.9 Å². The van der Waals surface area contributed by atoms with Crippen molar-refractivity contribution in [2.45, 2.75) is 26.2 Å². The molecule has 2 heterocycles. The number of nitrogens with zero attached hydrogens (tertiary/aromatic N) is 2. The first-order valence-corrected chi connectivity index (χ1v) is 7.40. The average Bonchev–Trinajstić information content (AvgIpc) is 2.77. The Bertz CT molecular complexity index is 769. The van der Waals surface area contributed by atoms with Crippen molar-refractivity contribution < 1.29 is 0 Å². The van der Waals surface area contributed by atoms with Gasteiger partial charge in [0.2, 0.25) is 0 Å². The van der Waals surface area contributed by atoms with E-state index in [0.717, 1.165) is 27.2 Å². The number of anilines is 1. The Morgan fingerprint density at radius 2 is 1.75 bits per heavy atom. The van der Waals surface area contributed by atoms with Crippen LogP contribution in [0.25, 0.3) is 21.5 Å². The number of hydrogen-bond donors (Lipinski definition) is 1. The molecule has 0 amide bonds. The molecular formula is C16H17N3S. The minimum absolute atomic E-state index is 0.0383. The lowest BCUT2D eigenvalue weighted by Crippen LogP contribution is -2.13. The van der Waals surface area contributed by atoms with Crippen LogP contribution in [0.5, 0.6) is 0 Å². The molecule has 2 aromatic heterocycles. The highest BCUT2D eigenvalue weighted by Crippen LogP contribution is 2.33. The molecule has 1 aromatic carbocycles. The van der Waals surface area contributed by atoms with E-state index in [2.05, 4.69) is 44.0 Å². The normalized spacial score (nSPS) is 11.9. The molecule has 0 fully saturated rings. The Kier molecular flexibility index (Phi) is 2.98. The molecule has 20 heavy (non-hydrogen) atoms. The summed E-state index contributed by atoms with van der Waals surface area (Å²) in [6.45, 7) is 6.51. The number of thiazole rings is 1. The summed E-state index contributed by atoms with van der Waals surface area (Å²) in [5, 5.41) is 0.597. The van der Waals surface area contributed by atoms with Crippen LogP contribution in [0, 0.1) is 0 Å². The molecule has 3 rings (SSSR count). The van der Waals surface area contributed by atoms with Crippen molar-refractivity contribution in [2.24, 2.45) is 0 Å². The highest BCUT2D eigenvalue weighted by molar-refractivity contribution is 7.22. The van der Waals surface area contributed by atoms with E-state index in [1.165, 1.54) is 11.3 Å². The van der Waals surface area contributed by atoms with Gasteiger partial charge in [-0.15, -0.1) is 0 Å². The average molecular weight is 283 g/mol. The van der Waals surface area contributed by atoms with Gasteiger partial charge < -0.3 is 5.73 Å². The summed E-state index contributed by atoms with van der Waals surface area (Å²) in [6.07, 6.45) is 0. The lowest BCUT2D eigenvalue weighted by Gasteiger charge is -2.18. The highest BCUT2D eigenvalue weighted by atomic mass is 32.1. The number of hydrogen-bond acceptors (Lipinski definition) is 4. The van der Waals surface area contributed by atoms with Gasteiger partial charge in [-0.25, -0.2) is 4.98 Å². The number of nitrogens with two attached hydrogens (primary N) is 1. The van der Waals surface area contributed by atoms with Crippen molar-refractivity contribution >= 4 is 26.7 Å². The Labute approximate surface area is 122 Å². The van der Waals surface area contributed by atoms with Crippen LogP contribution in [0.15, 0.2) is 36.4 Å². The van der Waals surface area contributed by atoms with Gasteiger partial charge in [-0.3, -0.25) is 4.98 Å². The van der Waals surface area contributed by atoms with Crippen LogP contribution >= 0.6 is 11.3 Å². The molecule has 0 saturated carbocycles. The molecular weight excluding hydrogens is 266 g/mol. The zero-order chi connectivity index (χ0) is 14.3. The summed E-state index contributed by atoms with van der Waals surface area (Å²) in [4.78, 5) is 9.15. The second-order valence-electron chi connectivity index (χ2n) is 5.86. The van der Waals surface area contributed by atoms with Gasteiger partial charge in [0.1, 0.15) is 0 Å². The van der Waals surface area contributed by atoms with Crippen molar-refractivity contribution in [3.63, 3.8) is 0 Å². The Morgan fingerprint density at radius 1 is 1.00 bits per heavy atom. The first-order valence-electron chi connectivity index (χ1n) is 6.58. The van der Waals surface area contributed by atoms with Crippen LogP contribution in [0.1, 0.15) is 26.5 Å². The van der Waals surface area contributed by atoms with Gasteiger partial charge in [0, 0.05) is 16.7 Å². The Balaban J connectivity index is 2.21. The second-order valence-corrected chi connectivity index (χ2v) is 6.89. The third-order valence-electron chi connectivity index (χ3n) is 3.22. The maximum Gasteiger partial charge on any atom is 0.181 e. The lowest BCUT2D eigenvalue weighted by atomic mass is 9.91. The molecule has 4 heteroatoms. The van der Waals surface area contributed by atoms with Crippen molar-refractivity contribution in [3.05, 3.63) is 42.1 Å². The smallest absolute Gasteiger partial charge is 0.181 e. The van der Waals surface area contributed by atoms with E-state index in [-0.39, 0.29) is 5.41 Å². The fourth-order valence-corrected chi connectivity index (χ4v) is 3.02. The topological polar surface area (TPSA) is 51.8 Å². The third-order valence-corrected chi connectivity index (χ3v) is 4.16. The number of pyridine rings is 1. The predicted octanol–water partition coefficient (Wildman–Crippen LogP) is 4.24. The van der Waals surface area contributed by atoms with E-state index in [1.54, 1.807) is 0 Å². The number of nitrogen functional groups attached to an aromatic ring is 1. The minimum atomic E-state index is 0.0383. The van der Waals surface area contributed by atoms with Gasteiger partial charge in [0.15, 0.2) is 5.13 Å². The molecule has 0 bridgehead atoms. The molecule has 0 saturated heterocycles. The zero-order valence-corrected chi connectivity index (χ0v) is 12.7. The Morgan fingerprint density at radius 3 is 2.50 bits per heavy atom. The fraction of sp³-hybridized carbons (Fsp3) is 0.250. The van der Waals surface area contributed by atoms with Crippen LogP contribution < -0.4 is 5.73 Å². The molecule has 0 spiro atoms. The van der Waals surface area contributed by atoms with E-state index >= 15 is 0 Å². The molecule has 0 aliphatic rings. The van der Waals surface area contributed by atoms with Crippen molar-refractivity contribution in [1.82, 2.24) is 9.97 Å². The number of benzene rings is 1. The van der Waals surface area contributed by atoms with Gasteiger partial charge in [-0.05, 0) is 18.2 Å². The molecule has 3 aromatic rings. The van der Waals surface area contributed by atoms with Crippen LogP contribution in [-0.2, 0) is 5.41 Å². The predicted molar refractivity (Wildman–Crippen MR) is 86.0 cm³/mol. The minimum Gasteiger partial charge on any atom is -0.375 e. The second kappa shape index (κ2) is 4.56. The van der Waals surface area contributed by atoms with Gasteiger partial charge in [0.25, 0.3) is 0 Å². The van der Waals surface area contributed by atoms with E-state index in [4.69, 9.17) is 10.7 Å². The van der Waals surface area contributed by atoms with Crippen LogP contribution in [0.2, 0.25) is 0 Å². The SMILES string of the molecule is CC(C)(C)c1cccc(-c2cccc3nc(N)sc23)n1. The summed E-state index contributed by atoms with van der Waals surface area (Å²) >= 11 is 1.51. The summed E-state index contributed by atoms with van der Waals surface area (Å²) < 4.78 is 1.10. The molecule has 0 aliphatic heterocycles. The molecule has 2 N–H and O–H groups in total. The molecule has 0 aliphatic carbocycles. The first-order chi connectivity index (χ1) is 9.45. The molecule has 102 valence electrons. The number of fused-ring (bicyclic) bond motifs is 1. The fourth-order valence-electron chi connectivity index (χ4n) is 2.17. The van der Waals surface area contributed by atoms with E-state index in [0.29, 0.717) is 5.13 Å². The Hall–Kier alpha value is -1.94. The maximum atomic E-state index is 5.82. The van der Waals surface area contributed by atoms with E-state index in [9.17, 15) is 0 Å². The largest absolute Gasteiger partial charge is 0.375 e. The van der Waals surface area contributed by atoms with Gasteiger partial charge in [-0.1, -0.05) is 50.3 Å². The van der Waals surface area contributed by atoms with Crippen molar-refractivity contribution in [2.75, 3.05) is 5.73 Å². The summed E-state index contributed by atoms with van der Waals surface area (Å²) in [5.41, 5.74) is 9.97. The molecule has 0 radical (unpaired) electrons. The van der Waals surface area contributed by atoms with Gasteiger partial charge in [-0.2, -0.15) is 0 Å². The monoisotopic (exact) mass is 283 g/mol. The molecule has 0 atom stereocenters. The molecule has 0 unspecified atom stereocenters. The lowest BCUT2D eigenvalue weighted by molar-refractivity contribution is 0.570. The van der Waals surface area contributed by atoms with E-state index < -0.39 is 0 Å². The summed E-state index contributed by atoms with van der Waals surface area (Å²) in [6, 6.07) is 12.2. The number of aromatic nitrogens is 2.